The molecule has 1 aliphatic rings. The molecule has 1 saturated carbocycles. The van der Waals surface area contributed by atoms with Gasteiger partial charge in [-0.1, -0.05) is 48.0 Å². The van der Waals surface area contributed by atoms with Gasteiger partial charge in [-0.2, -0.15) is 0 Å². The highest BCUT2D eigenvalue weighted by atomic mass is 35.5. The van der Waals surface area contributed by atoms with Crippen molar-refractivity contribution in [1.82, 2.24) is 5.32 Å². The summed E-state index contributed by atoms with van der Waals surface area (Å²) >= 11 is 6.00. The Labute approximate surface area is 141 Å². The number of hydrogen-bond donors (Lipinski definition) is 2. The highest BCUT2D eigenvalue weighted by molar-refractivity contribution is 6.30. The first-order chi connectivity index (χ1) is 11.1. The summed E-state index contributed by atoms with van der Waals surface area (Å²) in [7, 11) is 0. The molecule has 0 bridgehead atoms. The number of aliphatic hydroxyl groups is 1. The molecule has 2 aromatic carbocycles. The van der Waals surface area contributed by atoms with Crippen molar-refractivity contribution in [3.05, 3.63) is 70.2 Å². The Kier molecular flexibility index (Phi) is 4.69. The number of carbonyl (C=O) groups excluding carboxylic acids is 1. The van der Waals surface area contributed by atoms with Crippen LogP contribution in [0.4, 0.5) is 0 Å². The maximum atomic E-state index is 12.2. The highest BCUT2D eigenvalue weighted by Crippen LogP contribution is 2.47. The first kappa shape index (κ1) is 16.0. The Hall–Kier alpha value is -1.84. The molecule has 0 aliphatic heterocycles. The number of nitrogens with one attached hydrogen (secondary N) is 1. The summed E-state index contributed by atoms with van der Waals surface area (Å²) in [6.07, 6.45) is 0.163. The van der Waals surface area contributed by atoms with Crippen molar-refractivity contribution in [1.29, 1.82) is 0 Å². The van der Waals surface area contributed by atoms with Gasteiger partial charge in [0.2, 0.25) is 5.91 Å². The van der Waals surface area contributed by atoms with E-state index in [0.717, 1.165) is 23.1 Å². The van der Waals surface area contributed by atoms with Crippen molar-refractivity contribution in [2.24, 2.45) is 5.92 Å². The molecule has 3 nitrogen and oxygen atoms in total. The monoisotopic (exact) mass is 329 g/mol. The number of benzene rings is 2. The van der Waals surface area contributed by atoms with Crippen molar-refractivity contribution >= 4 is 17.5 Å². The number of aryl methyl sites for hydroxylation is 1. The molecule has 0 radical (unpaired) electrons. The van der Waals surface area contributed by atoms with Crippen LogP contribution in [0, 0.1) is 12.8 Å². The predicted molar refractivity (Wildman–Crippen MR) is 91.4 cm³/mol. The first-order valence-corrected chi connectivity index (χ1v) is 8.21. The smallest absolute Gasteiger partial charge is 0.223 e. The number of aliphatic hydroxyl groups excluding tert-OH is 1. The lowest BCUT2D eigenvalue weighted by Gasteiger charge is -2.14. The Morgan fingerprint density at radius 2 is 2.09 bits per heavy atom. The summed E-state index contributed by atoms with van der Waals surface area (Å²) in [5.41, 5.74) is 2.99. The molecule has 23 heavy (non-hydrogen) atoms. The van der Waals surface area contributed by atoms with Crippen LogP contribution in [0.5, 0.6) is 0 Å². The van der Waals surface area contributed by atoms with E-state index < -0.39 is 6.10 Å². The van der Waals surface area contributed by atoms with Crippen LogP contribution < -0.4 is 5.32 Å². The largest absolute Gasteiger partial charge is 0.387 e. The maximum absolute atomic E-state index is 12.2. The van der Waals surface area contributed by atoms with Gasteiger partial charge in [-0.15, -0.1) is 0 Å². The van der Waals surface area contributed by atoms with Crippen LogP contribution in [0.15, 0.2) is 48.5 Å². The van der Waals surface area contributed by atoms with E-state index in [1.807, 2.05) is 55.5 Å². The Morgan fingerprint density at radius 1 is 1.30 bits per heavy atom. The third-order valence-electron chi connectivity index (χ3n) is 4.42. The summed E-state index contributed by atoms with van der Waals surface area (Å²) < 4.78 is 0. The van der Waals surface area contributed by atoms with E-state index in [4.69, 9.17) is 11.6 Å². The number of hydrogen-bond acceptors (Lipinski definition) is 2. The first-order valence-electron chi connectivity index (χ1n) is 7.83. The molecule has 3 atom stereocenters. The molecule has 1 aliphatic carbocycles. The van der Waals surface area contributed by atoms with Gasteiger partial charge in [0.1, 0.15) is 0 Å². The highest BCUT2D eigenvalue weighted by Gasteiger charge is 2.43. The zero-order valence-electron chi connectivity index (χ0n) is 13.0. The average molecular weight is 330 g/mol. The molecule has 0 heterocycles. The van der Waals surface area contributed by atoms with Crippen LogP contribution >= 0.6 is 11.6 Å². The molecule has 2 aromatic rings. The minimum Gasteiger partial charge on any atom is -0.387 e. The third-order valence-corrected chi connectivity index (χ3v) is 4.66. The standard InChI is InChI=1S/C19H20ClNO2/c1-12-5-2-3-8-15(12)18(22)11-21-19(23)17-10-16(17)13-6-4-7-14(20)9-13/h2-9,16-18,22H,10-11H2,1H3,(H,21,23). The number of rotatable bonds is 5. The van der Waals surface area contributed by atoms with Gasteiger partial charge in [0.05, 0.1) is 6.10 Å². The molecular weight excluding hydrogens is 310 g/mol. The van der Waals surface area contributed by atoms with E-state index in [1.54, 1.807) is 0 Å². The van der Waals surface area contributed by atoms with Crippen LogP contribution in [0.1, 0.15) is 35.1 Å². The van der Waals surface area contributed by atoms with Crippen molar-refractivity contribution in [3.8, 4) is 0 Å². The fraction of sp³-hybridized carbons (Fsp3) is 0.316. The maximum Gasteiger partial charge on any atom is 0.223 e. The van der Waals surface area contributed by atoms with Crippen LogP contribution in [0.25, 0.3) is 0 Å². The van der Waals surface area contributed by atoms with E-state index in [9.17, 15) is 9.90 Å². The molecule has 3 rings (SSSR count). The summed E-state index contributed by atoms with van der Waals surface area (Å²) in [5.74, 6) is 0.226. The van der Waals surface area contributed by atoms with E-state index in [2.05, 4.69) is 5.32 Å². The van der Waals surface area contributed by atoms with E-state index >= 15 is 0 Å². The minimum atomic E-state index is -0.677. The normalized spacial score (nSPS) is 20.8. The Balaban J connectivity index is 1.54. The number of amides is 1. The minimum absolute atomic E-state index is 0.00242. The van der Waals surface area contributed by atoms with Gasteiger partial charge in [0.25, 0.3) is 0 Å². The molecule has 0 saturated heterocycles. The van der Waals surface area contributed by atoms with Crippen LogP contribution in [0.2, 0.25) is 5.02 Å². The fourth-order valence-electron chi connectivity index (χ4n) is 2.99. The van der Waals surface area contributed by atoms with Crippen LogP contribution in [-0.2, 0) is 4.79 Å². The zero-order chi connectivity index (χ0) is 16.4. The second-order valence-electron chi connectivity index (χ2n) is 6.12. The zero-order valence-corrected chi connectivity index (χ0v) is 13.8. The molecule has 120 valence electrons. The molecule has 1 fully saturated rings. The molecule has 0 aromatic heterocycles. The predicted octanol–water partition coefficient (Wildman–Crippen LogP) is 3.60. The average Bonchev–Trinajstić information content (AvgIpc) is 3.33. The van der Waals surface area contributed by atoms with E-state index in [1.165, 1.54) is 0 Å². The Bertz CT molecular complexity index is 716. The molecule has 2 N–H and O–H groups in total. The van der Waals surface area contributed by atoms with E-state index in [-0.39, 0.29) is 24.3 Å². The third kappa shape index (κ3) is 3.74. The van der Waals surface area contributed by atoms with Crippen molar-refractivity contribution in [3.63, 3.8) is 0 Å². The molecular formula is C19H20ClNO2. The van der Waals surface area contributed by atoms with Crippen molar-refractivity contribution in [2.45, 2.75) is 25.4 Å². The second-order valence-corrected chi connectivity index (χ2v) is 6.56. The van der Waals surface area contributed by atoms with Gasteiger partial charge in [0, 0.05) is 17.5 Å². The van der Waals surface area contributed by atoms with Gasteiger partial charge >= 0.3 is 0 Å². The number of halogens is 1. The molecule has 3 unspecified atom stereocenters. The van der Waals surface area contributed by atoms with Gasteiger partial charge in [-0.3, -0.25) is 4.79 Å². The summed E-state index contributed by atoms with van der Waals surface area (Å²) in [6, 6.07) is 15.3. The topological polar surface area (TPSA) is 49.3 Å². The van der Waals surface area contributed by atoms with Gasteiger partial charge < -0.3 is 10.4 Å². The summed E-state index contributed by atoms with van der Waals surface area (Å²) in [5, 5.41) is 13.8. The van der Waals surface area contributed by atoms with Crippen molar-refractivity contribution in [2.75, 3.05) is 6.54 Å². The molecule has 1 amide bonds. The van der Waals surface area contributed by atoms with Crippen LogP contribution in [-0.4, -0.2) is 17.6 Å². The quantitative estimate of drug-likeness (QED) is 0.880. The lowest BCUT2D eigenvalue weighted by atomic mass is 10.0. The molecule has 0 spiro atoms. The van der Waals surface area contributed by atoms with Crippen molar-refractivity contribution < 1.29 is 9.90 Å². The number of carbonyl (C=O) groups is 1. The second kappa shape index (κ2) is 6.73. The lowest BCUT2D eigenvalue weighted by molar-refractivity contribution is -0.122. The summed E-state index contributed by atoms with van der Waals surface area (Å²) in [6.45, 7) is 2.19. The van der Waals surface area contributed by atoms with Gasteiger partial charge in [-0.05, 0) is 48.1 Å². The van der Waals surface area contributed by atoms with Gasteiger partial charge in [-0.25, -0.2) is 0 Å². The lowest BCUT2D eigenvalue weighted by Crippen LogP contribution is -2.30. The Morgan fingerprint density at radius 3 is 2.83 bits per heavy atom. The summed E-state index contributed by atoms with van der Waals surface area (Å²) in [4.78, 5) is 12.2. The van der Waals surface area contributed by atoms with Crippen LogP contribution in [0.3, 0.4) is 0 Å². The van der Waals surface area contributed by atoms with Gasteiger partial charge in [0.15, 0.2) is 0 Å². The fourth-order valence-corrected chi connectivity index (χ4v) is 3.19. The molecule has 4 heteroatoms. The van der Waals surface area contributed by atoms with E-state index in [0.29, 0.717) is 5.02 Å². The SMILES string of the molecule is Cc1ccccc1C(O)CNC(=O)C1CC1c1cccc(Cl)c1.